The zero-order valence-electron chi connectivity index (χ0n) is 8.64. The minimum Gasteiger partial charge on any atom is -0.372 e. The minimum absolute atomic E-state index is 0.0184. The van der Waals surface area contributed by atoms with Gasteiger partial charge in [-0.15, -0.1) is 0 Å². The zero-order chi connectivity index (χ0) is 9.07. The first-order chi connectivity index (χ1) is 4.81. The third-order valence-corrected chi connectivity index (χ3v) is 1.18. The van der Waals surface area contributed by atoms with Gasteiger partial charge in [-0.25, -0.2) is 0 Å². The van der Waals surface area contributed by atoms with Crippen LogP contribution < -0.4 is 0 Å². The van der Waals surface area contributed by atoms with Gasteiger partial charge in [-0.1, -0.05) is 0 Å². The molecule has 0 aromatic heterocycles. The van der Waals surface area contributed by atoms with E-state index >= 15 is 0 Å². The van der Waals surface area contributed by atoms with Gasteiger partial charge in [-0.3, -0.25) is 0 Å². The monoisotopic (exact) mass is 159 g/mol. The summed E-state index contributed by atoms with van der Waals surface area (Å²) in [5.74, 6) is 0. The molecule has 0 saturated carbocycles. The molecule has 0 aliphatic rings. The number of rotatable bonds is 3. The Balaban J connectivity index is 3.61. The molecule has 0 aromatic carbocycles. The van der Waals surface area contributed by atoms with Gasteiger partial charge < -0.3 is 9.64 Å². The maximum absolute atomic E-state index is 5.71. The van der Waals surface area contributed by atoms with Crippen molar-refractivity contribution in [3.8, 4) is 0 Å². The van der Waals surface area contributed by atoms with Gasteiger partial charge in [0.2, 0.25) is 0 Å². The standard InChI is InChI=1S/C9H21NO/c1-8(7-10(5)6)11-9(2,3)4/h8H,7H2,1-6H3. The van der Waals surface area contributed by atoms with E-state index < -0.39 is 0 Å². The van der Waals surface area contributed by atoms with Gasteiger partial charge in [0.25, 0.3) is 0 Å². The average molecular weight is 159 g/mol. The van der Waals surface area contributed by atoms with Gasteiger partial charge in [0, 0.05) is 6.54 Å². The predicted octanol–water partition coefficient (Wildman–Crippen LogP) is 1.75. The summed E-state index contributed by atoms with van der Waals surface area (Å²) in [6.07, 6.45) is 0.310. The van der Waals surface area contributed by atoms with Gasteiger partial charge in [0.15, 0.2) is 0 Å². The largest absolute Gasteiger partial charge is 0.372 e. The Morgan fingerprint density at radius 3 is 2.00 bits per heavy atom. The molecule has 0 aliphatic carbocycles. The molecule has 2 nitrogen and oxygen atoms in total. The molecule has 1 unspecified atom stereocenters. The van der Waals surface area contributed by atoms with Crippen LogP contribution in [0, 0.1) is 0 Å². The Morgan fingerprint density at radius 2 is 1.73 bits per heavy atom. The molecule has 0 aromatic rings. The maximum Gasteiger partial charge on any atom is 0.0680 e. The summed E-state index contributed by atoms with van der Waals surface area (Å²) in [5, 5.41) is 0. The van der Waals surface area contributed by atoms with Gasteiger partial charge in [0.05, 0.1) is 11.7 Å². The zero-order valence-corrected chi connectivity index (χ0v) is 8.64. The minimum atomic E-state index is -0.0184. The van der Waals surface area contributed by atoms with Crippen LogP contribution in [-0.2, 0) is 4.74 Å². The van der Waals surface area contributed by atoms with E-state index in [-0.39, 0.29) is 5.60 Å². The summed E-state index contributed by atoms with van der Waals surface area (Å²) < 4.78 is 5.71. The van der Waals surface area contributed by atoms with Gasteiger partial charge in [-0.2, -0.15) is 0 Å². The molecule has 0 bridgehead atoms. The van der Waals surface area contributed by atoms with Crippen molar-refractivity contribution in [1.29, 1.82) is 0 Å². The van der Waals surface area contributed by atoms with Crippen molar-refractivity contribution in [2.45, 2.75) is 39.4 Å². The molecule has 0 N–H and O–H groups in total. The first-order valence-corrected chi connectivity index (χ1v) is 4.14. The molecule has 0 heterocycles. The first kappa shape index (κ1) is 10.9. The molecule has 0 radical (unpaired) electrons. The molecule has 0 aliphatic heterocycles. The van der Waals surface area contributed by atoms with E-state index in [1.807, 2.05) is 0 Å². The molecule has 68 valence electrons. The molecule has 0 spiro atoms. The second-order valence-corrected chi connectivity index (χ2v) is 4.30. The Morgan fingerprint density at radius 1 is 1.27 bits per heavy atom. The molecule has 2 heteroatoms. The van der Waals surface area contributed by atoms with Crippen LogP contribution in [0.1, 0.15) is 27.7 Å². The van der Waals surface area contributed by atoms with Crippen molar-refractivity contribution in [3.05, 3.63) is 0 Å². The van der Waals surface area contributed by atoms with E-state index in [2.05, 4.69) is 46.7 Å². The highest BCUT2D eigenvalue weighted by Crippen LogP contribution is 2.10. The van der Waals surface area contributed by atoms with E-state index in [4.69, 9.17) is 4.74 Å². The Bertz CT molecular complexity index is 105. The summed E-state index contributed by atoms with van der Waals surface area (Å²) in [6.45, 7) is 9.33. The van der Waals surface area contributed by atoms with Crippen LogP contribution in [0.5, 0.6) is 0 Å². The molecular formula is C9H21NO. The van der Waals surface area contributed by atoms with Crippen molar-refractivity contribution < 1.29 is 4.74 Å². The van der Waals surface area contributed by atoms with E-state index in [0.29, 0.717) is 6.10 Å². The van der Waals surface area contributed by atoms with Gasteiger partial charge in [0.1, 0.15) is 0 Å². The summed E-state index contributed by atoms with van der Waals surface area (Å²) in [5.41, 5.74) is -0.0184. The average Bonchev–Trinajstić information content (AvgIpc) is 1.53. The summed E-state index contributed by atoms with van der Waals surface area (Å²) in [4.78, 5) is 2.14. The van der Waals surface area contributed by atoms with Crippen molar-refractivity contribution in [2.75, 3.05) is 20.6 Å². The number of hydrogen-bond acceptors (Lipinski definition) is 2. The van der Waals surface area contributed by atoms with Gasteiger partial charge >= 0.3 is 0 Å². The molecule has 11 heavy (non-hydrogen) atoms. The normalized spacial score (nSPS) is 15.5. The smallest absolute Gasteiger partial charge is 0.0680 e. The van der Waals surface area contributed by atoms with Crippen LogP contribution in [-0.4, -0.2) is 37.2 Å². The van der Waals surface area contributed by atoms with Gasteiger partial charge in [-0.05, 0) is 41.8 Å². The highest BCUT2D eigenvalue weighted by Gasteiger charge is 2.14. The third kappa shape index (κ3) is 7.82. The fourth-order valence-electron chi connectivity index (χ4n) is 1.16. The maximum atomic E-state index is 5.71. The highest BCUT2D eigenvalue weighted by molar-refractivity contribution is 4.64. The van der Waals surface area contributed by atoms with E-state index in [9.17, 15) is 0 Å². The lowest BCUT2D eigenvalue weighted by Crippen LogP contribution is -2.32. The molecule has 1 atom stereocenters. The number of ether oxygens (including phenoxy) is 1. The molecule has 0 amide bonds. The molecule has 0 saturated heterocycles. The van der Waals surface area contributed by atoms with E-state index in [1.165, 1.54) is 0 Å². The van der Waals surface area contributed by atoms with E-state index in [1.54, 1.807) is 0 Å². The van der Waals surface area contributed by atoms with E-state index in [0.717, 1.165) is 6.54 Å². The van der Waals surface area contributed by atoms with Crippen molar-refractivity contribution >= 4 is 0 Å². The Kier molecular flexibility index (Phi) is 4.04. The molecule has 0 fully saturated rings. The fraction of sp³-hybridized carbons (Fsp3) is 1.00. The van der Waals surface area contributed by atoms with Crippen LogP contribution in [0.25, 0.3) is 0 Å². The fourth-order valence-corrected chi connectivity index (χ4v) is 1.16. The van der Waals surface area contributed by atoms with Crippen LogP contribution in [0.3, 0.4) is 0 Å². The number of nitrogens with zero attached hydrogens (tertiary/aromatic N) is 1. The third-order valence-electron chi connectivity index (χ3n) is 1.18. The Hall–Kier alpha value is -0.0800. The topological polar surface area (TPSA) is 12.5 Å². The Labute approximate surface area is 70.5 Å². The van der Waals surface area contributed by atoms with Crippen molar-refractivity contribution in [3.63, 3.8) is 0 Å². The lowest BCUT2D eigenvalue weighted by molar-refractivity contribution is -0.0587. The molecular weight excluding hydrogens is 138 g/mol. The van der Waals surface area contributed by atoms with Crippen LogP contribution in [0.15, 0.2) is 0 Å². The van der Waals surface area contributed by atoms with Crippen molar-refractivity contribution in [1.82, 2.24) is 4.90 Å². The predicted molar refractivity (Wildman–Crippen MR) is 48.9 cm³/mol. The number of hydrogen-bond donors (Lipinski definition) is 0. The lowest BCUT2D eigenvalue weighted by Gasteiger charge is -2.26. The number of likely N-dealkylation sites (N-methyl/N-ethyl adjacent to an activating group) is 1. The first-order valence-electron chi connectivity index (χ1n) is 4.14. The van der Waals surface area contributed by atoms with Crippen LogP contribution in [0.4, 0.5) is 0 Å². The summed E-state index contributed by atoms with van der Waals surface area (Å²) >= 11 is 0. The quantitative estimate of drug-likeness (QED) is 0.622. The lowest BCUT2D eigenvalue weighted by atomic mass is 10.2. The second-order valence-electron chi connectivity index (χ2n) is 4.30. The summed E-state index contributed by atoms with van der Waals surface area (Å²) in [7, 11) is 4.12. The van der Waals surface area contributed by atoms with Crippen molar-refractivity contribution in [2.24, 2.45) is 0 Å². The molecule has 0 rings (SSSR count). The second kappa shape index (κ2) is 4.07. The highest BCUT2D eigenvalue weighted by atomic mass is 16.5. The van der Waals surface area contributed by atoms with Crippen LogP contribution >= 0.6 is 0 Å². The van der Waals surface area contributed by atoms with Crippen LogP contribution in [0.2, 0.25) is 0 Å². The summed E-state index contributed by atoms with van der Waals surface area (Å²) in [6, 6.07) is 0. The SMILES string of the molecule is CC(CN(C)C)OC(C)(C)C.